The summed E-state index contributed by atoms with van der Waals surface area (Å²) in [7, 11) is 0. The molecule has 0 aliphatic carbocycles. The highest BCUT2D eigenvalue weighted by Crippen LogP contribution is 2.18. The Morgan fingerprint density at radius 3 is 1.83 bits per heavy atom. The van der Waals surface area contributed by atoms with Crippen LogP contribution in [0.25, 0.3) is 45.8 Å². The Morgan fingerprint density at radius 2 is 1.27 bits per heavy atom. The number of hydrogen-bond acceptors (Lipinski definition) is 12. The molecule has 196 valence electrons. The van der Waals surface area contributed by atoms with E-state index in [1.54, 1.807) is 30.6 Å². The Morgan fingerprint density at radius 1 is 0.634 bits per heavy atom. The van der Waals surface area contributed by atoms with Gasteiger partial charge in [-0.05, 0) is 70.2 Å². The van der Waals surface area contributed by atoms with Crippen molar-refractivity contribution in [2.45, 2.75) is 0 Å². The summed E-state index contributed by atoms with van der Waals surface area (Å²) in [5.41, 5.74) is 4.12. The average Bonchev–Trinajstić information content (AvgIpc) is 3.85. The van der Waals surface area contributed by atoms with Crippen molar-refractivity contribution < 1.29 is 0 Å². The van der Waals surface area contributed by atoms with E-state index >= 15 is 0 Å². The van der Waals surface area contributed by atoms with Gasteiger partial charge in [-0.15, -0.1) is 40.2 Å². The predicted octanol–water partition coefficient (Wildman–Crippen LogP) is 2.50. The molecule has 15 heteroatoms. The molecule has 1 N–H and O–H groups in total. The van der Waals surface area contributed by atoms with Gasteiger partial charge in [0, 0.05) is 18.0 Å². The summed E-state index contributed by atoms with van der Waals surface area (Å²) in [4.78, 5) is 11.2. The SMILES string of the molecule is N#Cc1cccc(-n2nnc(-c3ccccn3)n2)c1.c1ccc(-c2nnn(-c3cccc(-c4nn[nH]n4)c3)n2)nc1. The van der Waals surface area contributed by atoms with Crippen molar-refractivity contribution in [3.8, 4) is 51.9 Å². The van der Waals surface area contributed by atoms with Gasteiger partial charge in [-0.1, -0.05) is 30.3 Å². The summed E-state index contributed by atoms with van der Waals surface area (Å²) < 4.78 is 0. The molecular formula is C26H17N15. The van der Waals surface area contributed by atoms with E-state index in [0.29, 0.717) is 40.1 Å². The number of H-pyrrole nitrogens is 1. The number of hydrogen-bond donors (Lipinski definition) is 1. The molecule has 41 heavy (non-hydrogen) atoms. The average molecular weight is 540 g/mol. The Labute approximate surface area is 231 Å². The van der Waals surface area contributed by atoms with Crippen molar-refractivity contribution in [1.82, 2.24) is 71.0 Å². The lowest BCUT2D eigenvalue weighted by atomic mass is 10.2. The highest BCUT2D eigenvalue weighted by atomic mass is 15.6. The minimum atomic E-state index is 0.447. The minimum Gasteiger partial charge on any atom is -0.253 e. The van der Waals surface area contributed by atoms with E-state index in [-0.39, 0.29) is 0 Å². The first-order chi connectivity index (χ1) is 20.3. The van der Waals surface area contributed by atoms with Gasteiger partial charge in [-0.25, -0.2) is 0 Å². The topological polar surface area (TPSA) is 191 Å². The first kappa shape index (κ1) is 24.8. The number of rotatable bonds is 5. The fourth-order valence-corrected chi connectivity index (χ4v) is 3.60. The molecule has 0 atom stereocenters. The van der Waals surface area contributed by atoms with E-state index in [4.69, 9.17) is 5.26 Å². The molecule has 5 aromatic heterocycles. The Bertz CT molecular complexity index is 1910. The van der Waals surface area contributed by atoms with Crippen molar-refractivity contribution in [3.05, 3.63) is 103 Å². The molecule has 0 aliphatic rings. The maximum atomic E-state index is 8.87. The first-order valence-electron chi connectivity index (χ1n) is 12.0. The van der Waals surface area contributed by atoms with Gasteiger partial charge in [0.1, 0.15) is 11.4 Å². The zero-order valence-corrected chi connectivity index (χ0v) is 21.0. The molecule has 0 bridgehead atoms. The third-order valence-electron chi connectivity index (χ3n) is 5.50. The molecule has 0 saturated heterocycles. The van der Waals surface area contributed by atoms with E-state index in [0.717, 1.165) is 11.3 Å². The van der Waals surface area contributed by atoms with Crippen molar-refractivity contribution in [2.75, 3.05) is 0 Å². The lowest BCUT2D eigenvalue weighted by Crippen LogP contribution is -1.99. The number of aromatic nitrogens is 14. The summed E-state index contributed by atoms with van der Waals surface area (Å²) in [6.07, 6.45) is 3.36. The summed E-state index contributed by atoms with van der Waals surface area (Å²) in [5.74, 6) is 1.42. The van der Waals surface area contributed by atoms with Crippen LogP contribution in [0, 0.1) is 11.3 Å². The van der Waals surface area contributed by atoms with E-state index < -0.39 is 0 Å². The van der Waals surface area contributed by atoms with Gasteiger partial charge >= 0.3 is 0 Å². The van der Waals surface area contributed by atoms with Gasteiger partial charge in [0.15, 0.2) is 0 Å². The van der Waals surface area contributed by atoms with Gasteiger partial charge in [-0.2, -0.15) is 10.5 Å². The molecule has 15 nitrogen and oxygen atoms in total. The minimum absolute atomic E-state index is 0.447. The van der Waals surface area contributed by atoms with Crippen LogP contribution in [0.15, 0.2) is 97.3 Å². The summed E-state index contributed by atoms with van der Waals surface area (Å²) >= 11 is 0. The van der Waals surface area contributed by atoms with Crippen molar-refractivity contribution in [3.63, 3.8) is 0 Å². The standard InChI is InChI=1S/C13H9N9.C13H8N6/c1-2-7-14-11(6-1)13-17-21-22(18-13)10-5-3-4-9(8-10)12-15-19-20-16-12;14-9-10-4-3-5-11(8-10)19-17-13(16-18-19)12-6-1-2-7-15-12/h1-8H,(H,15,16,19,20);1-8H. The molecule has 0 aliphatic heterocycles. The Hall–Kier alpha value is -6.56. The highest BCUT2D eigenvalue weighted by Gasteiger charge is 2.10. The quantitative estimate of drug-likeness (QED) is 0.336. The summed E-state index contributed by atoms with van der Waals surface area (Å²) in [6.45, 7) is 0. The molecule has 7 aromatic rings. The second kappa shape index (κ2) is 11.4. The van der Waals surface area contributed by atoms with Gasteiger partial charge in [0.05, 0.1) is 23.0 Å². The molecule has 7 rings (SSSR count). The monoisotopic (exact) mass is 539 g/mol. The molecule has 0 fully saturated rings. The number of benzene rings is 2. The van der Waals surface area contributed by atoms with Crippen LogP contribution in [0.4, 0.5) is 0 Å². The summed E-state index contributed by atoms with van der Waals surface area (Å²) in [6, 6.07) is 27.6. The van der Waals surface area contributed by atoms with Gasteiger partial charge in [0.25, 0.3) is 0 Å². The van der Waals surface area contributed by atoms with E-state index in [2.05, 4.69) is 67.5 Å². The number of nitrogens with zero attached hydrogens (tertiary/aromatic N) is 14. The van der Waals surface area contributed by atoms with Crippen molar-refractivity contribution in [1.29, 1.82) is 5.26 Å². The molecule has 5 heterocycles. The van der Waals surface area contributed by atoms with Crippen LogP contribution in [0.3, 0.4) is 0 Å². The second-order valence-electron chi connectivity index (χ2n) is 8.18. The third-order valence-corrected chi connectivity index (χ3v) is 5.50. The van der Waals surface area contributed by atoms with Gasteiger partial charge in [0.2, 0.25) is 17.5 Å². The lowest BCUT2D eigenvalue weighted by molar-refractivity contribution is 0.720. The largest absolute Gasteiger partial charge is 0.253 e. The maximum Gasteiger partial charge on any atom is 0.223 e. The van der Waals surface area contributed by atoms with E-state index in [1.165, 1.54) is 9.59 Å². The van der Waals surface area contributed by atoms with Crippen molar-refractivity contribution in [2.24, 2.45) is 0 Å². The number of nitriles is 1. The fourth-order valence-electron chi connectivity index (χ4n) is 3.60. The van der Waals surface area contributed by atoms with E-state index in [1.807, 2.05) is 66.7 Å². The first-order valence-corrected chi connectivity index (χ1v) is 12.0. The van der Waals surface area contributed by atoms with Crippen LogP contribution in [-0.4, -0.2) is 71.0 Å². The van der Waals surface area contributed by atoms with Crippen LogP contribution < -0.4 is 0 Å². The van der Waals surface area contributed by atoms with E-state index in [9.17, 15) is 0 Å². The summed E-state index contributed by atoms with van der Waals surface area (Å²) in [5, 5.41) is 47.3. The van der Waals surface area contributed by atoms with Crippen LogP contribution in [0.1, 0.15) is 5.56 Å². The molecule has 0 amide bonds. The number of aromatic amines is 1. The number of tetrazole rings is 3. The second-order valence-corrected chi connectivity index (χ2v) is 8.18. The number of pyridine rings is 2. The van der Waals surface area contributed by atoms with Crippen LogP contribution >= 0.6 is 0 Å². The van der Waals surface area contributed by atoms with Crippen LogP contribution in [-0.2, 0) is 0 Å². The molecule has 0 unspecified atom stereocenters. The lowest BCUT2D eigenvalue weighted by Gasteiger charge is -2.00. The van der Waals surface area contributed by atoms with Crippen molar-refractivity contribution >= 4 is 0 Å². The Balaban J connectivity index is 0.000000149. The fraction of sp³-hybridized carbons (Fsp3) is 0. The van der Waals surface area contributed by atoms with Crippen LogP contribution in [0.2, 0.25) is 0 Å². The predicted molar refractivity (Wildman–Crippen MR) is 143 cm³/mol. The third kappa shape index (κ3) is 5.66. The maximum absolute atomic E-state index is 8.87. The molecule has 0 radical (unpaired) electrons. The molecule has 2 aromatic carbocycles. The molecule has 0 saturated carbocycles. The molecular weight excluding hydrogens is 522 g/mol. The van der Waals surface area contributed by atoms with Gasteiger partial charge in [-0.3, -0.25) is 9.97 Å². The molecule has 0 spiro atoms. The van der Waals surface area contributed by atoms with Gasteiger partial charge < -0.3 is 0 Å². The zero-order valence-electron chi connectivity index (χ0n) is 21.0. The zero-order chi connectivity index (χ0) is 27.9. The Kier molecular flexibility index (Phi) is 6.91. The smallest absolute Gasteiger partial charge is 0.223 e. The highest BCUT2D eigenvalue weighted by molar-refractivity contribution is 5.58. The van der Waals surface area contributed by atoms with Crippen LogP contribution in [0.5, 0.6) is 0 Å². The normalized spacial score (nSPS) is 10.4. The number of nitrogens with one attached hydrogen (secondary N) is 1.